The smallest absolute Gasteiger partial charge is 0.271 e. The minimum absolute atomic E-state index is 0.0369. The third-order valence-corrected chi connectivity index (χ3v) is 8.14. The molecule has 10 nitrogen and oxygen atoms in total. The molecule has 0 heterocycles. The molecule has 0 fully saturated rings. The van der Waals surface area contributed by atoms with Gasteiger partial charge in [-0.3, -0.25) is 24.0 Å². The molecular formula is C29H34N4O6S. The van der Waals surface area contributed by atoms with E-state index in [2.05, 4.69) is 5.32 Å². The Labute approximate surface area is 234 Å². The number of anilines is 1. The summed E-state index contributed by atoms with van der Waals surface area (Å²) in [6.07, 6.45) is 1.01. The molecular weight excluding hydrogens is 532 g/mol. The number of sulfonamides is 1. The van der Waals surface area contributed by atoms with Crippen molar-refractivity contribution in [3.05, 3.63) is 100 Å². The summed E-state index contributed by atoms with van der Waals surface area (Å²) in [5.41, 5.74) is 1.44. The minimum Gasteiger partial charge on any atom is -0.354 e. The lowest BCUT2D eigenvalue weighted by Crippen LogP contribution is -2.52. The van der Waals surface area contributed by atoms with Crippen molar-refractivity contribution in [1.82, 2.24) is 10.2 Å². The van der Waals surface area contributed by atoms with E-state index in [1.807, 2.05) is 38.1 Å². The van der Waals surface area contributed by atoms with Gasteiger partial charge < -0.3 is 10.2 Å². The molecule has 0 aliphatic heterocycles. The molecule has 0 spiro atoms. The lowest BCUT2D eigenvalue weighted by molar-refractivity contribution is -0.384. The first kappa shape index (κ1) is 30.3. The van der Waals surface area contributed by atoms with Crippen LogP contribution in [0.4, 0.5) is 11.4 Å². The lowest BCUT2D eigenvalue weighted by Gasteiger charge is -2.33. The summed E-state index contributed by atoms with van der Waals surface area (Å²) in [5.74, 6) is -0.956. The Morgan fingerprint density at radius 2 is 1.65 bits per heavy atom. The molecule has 0 aliphatic rings. The monoisotopic (exact) mass is 566 g/mol. The number of carbonyl (C=O) groups excluding carboxylic acids is 2. The van der Waals surface area contributed by atoms with Crippen LogP contribution in [-0.2, 0) is 26.2 Å². The molecule has 0 aromatic heterocycles. The van der Waals surface area contributed by atoms with Crippen molar-refractivity contribution in [1.29, 1.82) is 0 Å². The highest BCUT2D eigenvalue weighted by Gasteiger charge is 2.34. The Bertz CT molecular complexity index is 1430. The van der Waals surface area contributed by atoms with Crippen molar-refractivity contribution in [3.8, 4) is 0 Å². The van der Waals surface area contributed by atoms with Crippen LogP contribution in [0, 0.1) is 17.0 Å². The highest BCUT2D eigenvalue weighted by atomic mass is 32.2. The Balaban J connectivity index is 2.07. The number of hydrogen-bond acceptors (Lipinski definition) is 6. The molecule has 40 heavy (non-hydrogen) atoms. The molecule has 212 valence electrons. The van der Waals surface area contributed by atoms with E-state index < -0.39 is 33.4 Å². The summed E-state index contributed by atoms with van der Waals surface area (Å²) in [6, 6.07) is 19.3. The van der Waals surface area contributed by atoms with E-state index >= 15 is 0 Å². The van der Waals surface area contributed by atoms with Gasteiger partial charge in [0.25, 0.3) is 15.7 Å². The van der Waals surface area contributed by atoms with Crippen LogP contribution in [0.1, 0.15) is 37.8 Å². The summed E-state index contributed by atoms with van der Waals surface area (Å²) in [4.78, 5) is 39.2. The normalized spacial score (nSPS) is 11.9. The molecule has 3 aromatic carbocycles. The van der Waals surface area contributed by atoms with Crippen LogP contribution in [0.5, 0.6) is 0 Å². The van der Waals surface area contributed by atoms with E-state index in [1.54, 1.807) is 25.1 Å². The molecule has 11 heteroatoms. The second-order valence-corrected chi connectivity index (χ2v) is 11.2. The Morgan fingerprint density at radius 1 is 0.975 bits per heavy atom. The number of nitro groups is 1. The van der Waals surface area contributed by atoms with Gasteiger partial charge in [0, 0.05) is 25.2 Å². The highest BCUT2D eigenvalue weighted by molar-refractivity contribution is 7.92. The number of amides is 2. The molecule has 0 radical (unpaired) electrons. The zero-order valence-electron chi connectivity index (χ0n) is 22.8. The highest BCUT2D eigenvalue weighted by Crippen LogP contribution is 2.27. The summed E-state index contributed by atoms with van der Waals surface area (Å²) in [6.45, 7) is 5.48. The summed E-state index contributed by atoms with van der Waals surface area (Å²) in [5, 5.41) is 14.3. The van der Waals surface area contributed by atoms with E-state index in [0.717, 1.165) is 21.5 Å². The van der Waals surface area contributed by atoms with Crippen LogP contribution in [0.25, 0.3) is 0 Å². The van der Waals surface area contributed by atoms with Crippen LogP contribution < -0.4 is 9.62 Å². The van der Waals surface area contributed by atoms with Crippen LogP contribution >= 0.6 is 0 Å². The fraction of sp³-hybridized carbons (Fsp3) is 0.310. The first-order chi connectivity index (χ1) is 19.1. The van der Waals surface area contributed by atoms with E-state index in [1.165, 1.54) is 35.2 Å². The molecule has 0 saturated carbocycles. The molecule has 0 bridgehead atoms. The first-order valence-corrected chi connectivity index (χ1v) is 14.5. The fourth-order valence-corrected chi connectivity index (χ4v) is 5.61. The third-order valence-electron chi connectivity index (χ3n) is 6.35. The van der Waals surface area contributed by atoms with Crippen LogP contribution in [0.2, 0.25) is 0 Å². The first-order valence-electron chi connectivity index (χ1n) is 13.0. The lowest BCUT2D eigenvalue weighted by atomic mass is 10.1. The second kappa shape index (κ2) is 13.7. The maximum atomic E-state index is 14.0. The molecule has 3 rings (SSSR count). The van der Waals surface area contributed by atoms with Crippen molar-refractivity contribution in [2.75, 3.05) is 17.4 Å². The molecule has 1 N–H and O–H groups in total. The molecule has 2 amide bonds. The predicted molar refractivity (Wildman–Crippen MR) is 153 cm³/mol. The molecule has 0 aliphatic carbocycles. The molecule has 1 atom stereocenters. The van der Waals surface area contributed by atoms with E-state index in [9.17, 15) is 28.1 Å². The van der Waals surface area contributed by atoms with Gasteiger partial charge in [0.05, 0.1) is 15.5 Å². The molecule has 0 saturated heterocycles. The number of benzene rings is 3. The quantitative estimate of drug-likeness (QED) is 0.241. The largest absolute Gasteiger partial charge is 0.354 e. The van der Waals surface area contributed by atoms with Gasteiger partial charge in [0.1, 0.15) is 12.6 Å². The zero-order chi connectivity index (χ0) is 29.3. The zero-order valence-corrected chi connectivity index (χ0v) is 23.6. The van der Waals surface area contributed by atoms with Gasteiger partial charge >= 0.3 is 0 Å². The second-order valence-electron chi connectivity index (χ2n) is 9.32. The van der Waals surface area contributed by atoms with Gasteiger partial charge in [-0.2, -0.15) is 0 Å². The average Bonchev–Trinajstić information content (AvgIpc) is 2.96. The minimum atomic E-state index is -4.31. The summed E-state index contributed by atoms with van der Waals surface area (Å²) in [7, 11) is -4.31. The van der Waals surface area contributed by atoms with E-state index in [4.69, 9.17) is 0 Å². The maximum Gasteiger partial charge on any atom is 0.271 e. The van der Waals surface area contributed by atoms with Gasteiger partial charge in [-0.1, -0.05) is 67.9 Å². The number of nitrogens with zero attached hydrogens (tertiary/aromatic N) is 3. The van der Waals surface area contributed by atoms with Crippen LogP contribution in [0.3, 0.4) is 0 Å². The third kappa shape index (κ3) is 7.44. The maximum absolute atomic E-state index is 14.0. The van der Waals surface area contributed by atoms with Gasteiger partial charge in [-0.25, -0.2) is 8.42 Å². The van der Waals surface area contributed by atoms with Gasteiger partial charge in [0.2, 0.25) is 11.8 Å². The van der Waals surface area contributed by atoms with Gasteiger partial charge in [-0.05, 0) is 43.5 Å². The average molecular weight is 567 g/mol. The number of nitro benzene ring substituents is 1. The van der Waals surface area contributed by atoms with Crippen molar-refractivity contribution in [2.45, 2.75) is 51.1 Å². The number of hydrogen-bond donors (Lipinski definition) is 1. The number of carbonyl (C=O) groups is 2. The van der Waals surface area contributed by atoms with Crippen LogP contribution in [-0.4, -0.2) is 49.2 Å². The Kier molecular flexibility index (Phi) is 10.4. The number of rotatable bonds is 13. The molecule has 1 unspecified atom stereocenters. The Morgan fingerprint density at radius 3 is 2.25 bits per heavy atom. The van der Waals surface area contributed by atoms with Crippen molar-refractivity contribution >= 4 is 33.2 Å². The van der Waals surface area contributed by atoms with E-state index in [0.29, 0.717) is 19.4 Å². The van der Waals surface area contributed by atoms with Crippen molar-refractivity contribution < 1.29 is 22.9 Å². The molecule has 3 aromatic rings. The standard InChI is InChI=1S/C29H34N4O6S/c1-4-18-30-29(35)27(5-2)31(20-23-16-14-22(3)15-17-23)28(34)21-32(24-10-9-11-25(19-24)33(36)37)40(38,39)26-12-7-6-8-13-26/h6-17,19,27H,4-5,18,20-21H2,1-3H3,(H,30,35). The summed E-state index contributed by atoms with van der Waals surface area (Å²) < 4.78 is 28.4. The van der Waals surface area contributed by atoms with Gasteiger partial charge in [0.15, 0.2) is 0 Å². The number of non-ortho nitro benzene ring substituents is 1. The van der Waals surface area contributed by atoms with Gasteiger partial charge in [-0.15, -0.1) is 0 Å². The predicted octanol–water partition coefficient (Wildman–Crippen LogP) is 4.43. The summed E-state index contributed by atoms with van der Waals surface area (Å²) >= 11 is 0. The van der Waals surface area contributed by atoms with Crippen molar-refractivity contribution in [2.24, 2.45) is 0 Å². The SMILES string of the molecule is CCCNC(=O)C(CC)N(Cc1ccc(C)cc1)C(=O)CN(c1cccc([N+](=O)[O-])c1)S(=O)(=O)c1ccccc1. The van der Waals surface area contributed by atoms with Crippen molar-refractivity contribution in [3.63, 3.8) is 0 Å². The number of aryl methyl sites for hydroxylation is 1. The van der Waals surface area contributed by atoms with E-state index in [-0.39, 0.29) is 28.7 Å². The fourth-order valence-electron chi connectivity index (χ4n) is 4.19. The topological polar surface area (TPSA) is 130 Å². The Hall–Kier alpha value is -4.25. The number of nitrogens with one attached hydrogen (secondary N) is 1. The van der Waals surface area contributed by atoms with Crippen LogP contribution in [0.15, 0.2) is 83.8 Å².